The van der Waals surface area contributed by atoms with Crippen LogP contribution < -0.4 is 5.32 Å². The van der Waals surface area contributed by atoms with Crippen molar-refractivity contribution in [1.29, 1.82) is 0 Å². The van der Waals surface area contributed by atoms with Crippen LogP contribution in [-0.4, -0.2) is 43.0 Å². The fraction of sp³-hybridized carbons (Fsp3) is 0.368. The van der Waals surface area contributed by atoms with Gasteiger partial charge in [0.1, 0.15) is 12.1 Å². The molecule has 25 heavy (non-hydrogen) atoms. The summed E-state index contributed by atoms with van der Waals surface area (Å²) in [5.41, 5.74) is 1.61. The Balaban J connectivity index is 1.83. The number of nitrogens with zero attached hydrogens (tertiary/aromatic N) is 3. The van der Waals surface area contributed by atoms with Crippen molar-refractivity contribution in [2.24, 2.45) is 4.99 Å². The monoisotopic (exact) mass is 344 g/mol. The molecule has 0 amide bonds. The van der Waals surface area contributed by atoms with Gasteiger partial charge in [0.2, 0.25) is 5.89 Å². The molecule has 5 nitrogen and oxygen atoms in total. The number of rotatable bonds is 8. The van der Waals surface area contributed by atoms with Crippen LogP contribution in [-0.2, 0) is 6.42 Å². The first-order valence-electron chi connectivity index (χ1n) is 8.37. The summed E-state index contributed by atoms with van der Waals surface area (Å²) >= 11 is 0. The van der Waals surface area contributed by atoms with Gasteiger partial charge < -0.3 is 14.6 Å². The molecule has 134 valence electrons. The summed E-state index contributed by atoms with van der Waals surface area (Å²) < 4.78 is 18.4. The molecule has 2 aromatic rings. The third-order valence-electron chi connectivity index (χ3n) is 3.78. The Hall–Kier alpha value is -2.63. The third-order valence-corrected chi connectivity index (χ3v) is 3.78. The Morgan fingerprint density at radius 1 is 1.40 bits per heavy atom. The lowest BCUT2D eigenvalue weighted by molar-refractivity contribution is 0.470. The number of allylic oxidation sites excluding steroid dienone is 1. The normalized spacial score (nSPS) is 11.4. The van der Waals surface area contributed by atoms with Crippen molar-refractivity contribution >= 4 is 5.96 Å². The highest BCUT2D eigenvalue weighted by Gasteiger charge is 2.08. The van der Waals surface area contributed by atoms with Gasteiger partial charge in [-0.15, -0.1) is 6.58 Å². The maximum atomic E-state index is 13.0. The van der Waals surface area contributed by atoms with E-state index in [1.165, 1.54) is 12.1 Å². The van der Waals surface area contributed by atoms with Gasteiger partial charge in [0.15, 0.2) is 5.96 Å². The number of unbranched alkanes of at least 4 members (excludes halogenated alkanes) is 1. The minimum atomic E-state index is -0.275. The second kappa shape index (κ2) is 9.61. The van der Waals surface area contributed by atoms with Crippen molar-refractivity contribution in [2.75, 3.05) is 27.2 Å². The Morgan fingerprint density at radius 2 is 2.16 bits per heavy atom. The molecule has 0 atom stereocenters. The lowest BCUT2D eigenvalue weighted by atomic mass is 10.2. The molecule has 1 heterocycles. The molecule has 6 heteroatoms. The third kappa shape index (κ3) is 5.74. The molecule has 1 aromatic heterocycles. The zero-order valence-corrected chi connectivity index (χ0v) is 14.8. The molecule has 0 aliphatic rings. The van der Waals surface area contributed by atoms with Crippen LogP contribution in [0.2, 0.25) is 0 Å². The Morgan fingerprint density at radius 3 is 2.84 bits per heavy atom. The molecule has 0 fully saturated rings. The summed E-state index contributed by atoms with van der Waals surface area (Å²) in [7, 11) is 3.79. The highest BCUT2D eigenvalue weighted by molar-refractivity contribution is 5.79. The van der Waals surface area contributed by atoms with Crippen molar-refractivity contribution in [1.82, 2.24) is 15.2 Å². The lowest BCUT2D eigenvalue weighted by Crippen LogP contribution is -2.40. The quantitative estimate of drug-likeness (QED) is 0.345. The maximum Gasteiger partial charge on any atom is 0.226 e. The van der Waals surface area contributed by atoms with Crippen molar-refractivity contribution in [3.05, 3.63) is 54.7 Å². The molecule has 0 saturated heterocycles. The topological polar surface area (TPSA) is 53.7 Å². The second-order valence-electron chi connectivity index (χ2n) is 5.73. The van der Waals surface area contributed by atoms with Gasteiger partial charge >= 0.3 is 0 Å². The van der Waals surface area contributed by atoms with Gasteiger partial charge in [-0.3, -0.25) is 4.99 Å². The van der Waals surface area contributed by atoms with Gasteiger partial charge in [-0.05, 0) is 37.1 Å². The fourth-order valence-corrected chi connectivity index (χ4v) is 2.41. The number of oxazole rings is 1. The summed E-state index contributed by atoms with van der Waals surface area (Å²) in [4.78, 5) is 10.8. The standard InChI is InChI=1S/C19H25FN4O/c1-4-5-6-13-24(3)19(21-2)22-12-11-17-14-25-18(23-17)15-7-9-16(20)10-8-15/h4,7-10,14H,1,5-6,11-13H2,2-3H3,(H,21,22). The molecule has 0 aliphatic carbocycles. The first-order chi connectivity index (χ1) is 12.1. The van der Waals surface area contributed by atoms with Crippen LogP contribution in [0.1, 0.15) is 18.5 Å². The molecule has 0 aliphatic heterocycles. The predicted molar refractivity (Wildman–Crippen MR) is 99.0 cm³/mol. The minimum Gasteiger partial charge on any atom is -0.444 e. The Kier molecular flexibility index (Phi) is 7.19. The fourth-order valence-electron chi connectivity index (χ4n) is 2.41. The van der Waals surface area contributed by atoms with Crippen molar-refractivity contribution in [3.8, 4) is 11.5 Å². The van der Waals surface area contributed by atoms with Crippen LogP contribution in [0.4, 0.5) is 4.39 Å². The van der Waals surface area contributed by atoms with E-state index in [1.54, 1.807) is 25.4 Å². The van der Waals surface area contributed by atoms with Crippen LogP contribution in [0, 0.1) is 5.82 Å². The number of benzene rings is 1. The Bertz CT molecular complexity index is 694. The molecule has 1 N–H and O–H groups in total. The lowest BCUT2D eigenvalue weighted by Gasteiger charge is -2.21. The molecule has 0 spiro atoms. The molecular weight excluding hydrogens is 319 g/mol. The van der Waals surface area contributed by atoms with Crippen LogP contribution in [0.25, 0.3) is 11.5 Å². The smallest absolute Gasteiger partial charge is 0.226 e. The van der Waals surface area contributed by atoms with E-state index in [9.17, 15) is 4.39 Å². The number of aliphatic imine (C=N–C) groups is 1. The molecule has 0 bridgehead atoms. The maximum absolute atomic E-state index is 13.0. The SMILES string of the molecule is C=CCCCN(C)C(=NC)NCCc1coc(-c2ccc(F)cc2)n1. The van der Waals surface area contributed by atoms with Gasteiger partial charge in [0, 0.05) is 39.2 Å². The van der Waals surface area contributed by atoms with Crippen LogP contribution in [0.15, 0.2) is 52.6 Å². The number of halogens is 1. The second-order valence-corrected chi connectivity index (χ2v) is 5.73. The summed E-state index contributed by atoms with van der Waals surface area (Å²) in [6, 6.07) is 6.10. The minimum absolute atomic E-state index is 0.275. The summed E-state index contributed by atoms with van der Waals surface area (Å²) in [6.07, 6.45) is 6.31. The average molecular weight is 344 g/mol. The molecule has 0 unspecified atom stereocenters. The predicted octanol–water partition coefficient (Wildman–Crippen LogP) is 3.50. The average Bonchev–Trinajstić information content (AvgIpc) is 3.08. The van der Waals surface area contributed by atoms with Crippen LogP contribution in [0.3, 0.4) is 0 Å². The van der Waals surface area contributed by atoms with Crippen molar-refractivity contribution in [2.45, 2.75) is 19.3 Å². The van der Waals surface area contributed by atoms with E-state index < -0.39 is 0 Å². The van der Waals surface area contributed by atoms with E-state index in [0.29, 0.717) is 18.9 Å². The van der Waals surface area contributed by atoms with E-state index in [4.69, 9.17) is 4.42 Å². The summed E-state index contributed by atoms with van der Waals surface area (Å²) in [5.74, 6) is 1.08. The van der Waals surface area contributed by atoms with Gasteiger partial charge in [0.05, 0.1) is 5.69 Å². The zero-order valence-electron chi connectivity index (χ0n) is 14.8. The molecule has 2 rings (SSSR count). The first kappa shape index (κ1) is 18.7. The van der Waals surface area contributed by atoms with E-state index in [0.717, 1.165) is 36.6 Å². The molecular formula is C19H25FN4O. The number of hydrogen-bond acceptors (Lipinski definition) is 3. The number of guanidine groups is 1. The molecule has 1 aromatic carbocycles. The number of nitrogens with one attached hydrogen (secondary N) is 1. The van der Waals surface area contributed by atoms with Crippen molar-refractivity contribution in [3.63, 3.8) is 0 Å². The van der Waals surface area contributed by atoms with E-state index in [-0.39, 0.29) is 5.82 Å². The highest BCUT2D eigenvalue weighted by Crippen LogP contribution is 2.18. The van der Waals surface area contributed by atoms with Gasteiger partial charge in [-0.1, -0.05) is 6.08 Å². The molecule has 0 saturated carbocycles. The highest BCUT2D eigenvalue weighted by atomic mass is 19.1. The first-order valence-corrected chi connectivity index (χ1v) is 8.37. The summed E-state index contributed by atoms with van der Waals surface area (Å²) in [5, 5.41) is 3.32. The van der Waals surface area contributed by atoms with Crippen LogP contribution in [0.5, 0.6) is 0 Å². The molecule has 0 radical (unpaired) electrons. The van der Waals surface area contributed by atoms with Gasteiger partial charge in [0.25, 0.3) is 0 Å². The van der Waals surface area contributed by atoms with Crippen molar-refractivity contribution < 1.29 is 8.81 Å². The summed E-state index contributed by atoms with van der Waals surface area (Å²) in [6.45, 7) is 5.36. The zero-order chi connectivity index (χ0) is 18.1. The van der Waals surface area contributed by atoms with Gasteiger partial charge in [-0.2, -0.15) is 0 Å². The van der Waals surface area contributed by atoms with E-state index in [2.05, 4.69) is 26.8 Å². The van der Waals surface area contributed by atoms with E-state index in [1.807, 2.05) is 13.1 Å². The Labute approximate surface area is 148 Å². The number of aromatic nitrogens is 1. The number of hydrogen-bond donors (Lipinski definition) is 1. The largest absolute Gasteiger partial charge is 0.444 e. The van der Waals surface area contributed by atoms with Crippen LogP contribution >= 0.6 is 0 Å². The van der Waals surface area contributed by atoms with Gasteiger partial charge in [-0.25, -0.2) is 9.37 Å². The van der Waals surface area contributed by atoms with E-state index >= 15 is 0 Å².